The molecule has 0 aliphatic carbocycles. The third-order valence-electron chi connectivity index (χ3n) is 4.16. The summed E-state index contributed by atoms with van der Waals surface area (Å²) in [5.41, 5.74) is 1.55. The van der Waals surface area contributed by atoms with Gasteiger partial charge in [-0.2, -0.15) is 0 Å². The quantitative estimate of drug-likeness (QED) is 0.256. The lowest BCUT2D eigenvalue weighted by Crippen LogP contribution is -2.31. The number of rotatable bonds is 5. The molecule has 2 heterocycles. The van der Waals surface area contributed by atoms with Crippen LogP contribution in [0.15, 0.2) is 81.0 Å². The largest absolute Gasteiger partial charge is 0.861 e. The number of thioether (sulfide) groups is 1. The maximum absolute atomic E-state index is 13.1. The summed E-state index contributed by atoms with van der Waals surface area (Å²) in [6.07, 6.45) is 3.12. The molecule has 0 radical (unpaired) electrons. The van der Waals surface area contributed by atoms with E-state index in [2.05, 4.69) is 15.3 Å². The number of halogens is 1. The number of carbonyl (C=O) groups excluding carboxylic acids is 1. The molecular weight excluding hydrogens is 438 g/mol. The topological polar surface area (TPSA) is 98.0 Å². The van der Waals surface area contributed by atoms with Crippen molar-refractivity contribution in [1.82, 2.24) is 5.27 Å². The molecule has 0 spiro atoms. The lowest BCUT2D eigenvalue weighted by molar-refractivity contribution is -0.739. The van der Waals surface area contributed by atoms with Crippen LogP contribution in [-0.4, -0.2) is 28.0 Å². The molecule has 3 aromatic rings. The summed E-state index contributed by atoms with van der Waals surface area (Å²) in [6.45, 7) is 0. The van der Waals surface area contributed by atoms with Gasteiger partial charge in [0.25, 0.3) is 12.1 Å². The van der Waals surface area contributed by atoms with Gasteiger partial charge in [-0.25, -0.2) is 9.98 Å². The highest BCUT2D eigenvalue weighted by molar-refractivity contribution is 8.14. The number of anilines is 1. The fourth-order valence-corrected chi connectivity index (χ4v) is 3.77. The summed E-state index contributed by atoms with van der Waals surface area (Å²) >= 11 is 7.34. The van der Waals surface area contributed by atoms with Gasteiger partial charge in [-0.3, -0.25) is 14.2 Å². The second kappa shape index (κ2) is 9.15. The molecule has 0 N–H and O–H groups in total. The highest BCUT2D eigenvalue weighted by Crippen LogP contribution is 2.30. The second-order valence-corrected chi connectivity index (χ2v) is 7.78. The lowest BCUT2D eigenvalue weighted by Gasteiger charge is -2.18. The van der Waals surface area contributed by atoms with Gasteiger partial charge in [-0.1, -0.05) is 64.4 Å². The summed E-state index contributed by atoms with van der Waals surface area (Å²) < 4.78 is 6.31. The van der Waals surface area contributed by atoms with Crippen LogP contribution < -0.4 is 14.7 Å². The second-order valence-electron chi connectivity index (χ2n) is 6.43. The van der Waals surface area contributed by atoms with Gasteiger partial charge in [0.05, 0.1) is 5.69 Å². The standard InChI is InChI=1S/C21H16ClN5O3S/c1-26-12-19(30-25-26)24-18(28)13-31-21-23-17(11-14-7-5-6-10-16(14)22)20(29)27(21)15-8-3-2-4-9-15/h2-12H,13H2,1H3/b17-11+. The predicted molar refractivity (Wildman–Crippen MR) is 118 cm³/mol. The van der Waals surface area contributed by atoms with Crippen molar-refractivity contribution in [2.24, 2.45) is 17.0 Å². The van der Waals surface area contributed by atoms with E-state index in [1.54, 1.807) is 37.4 Å². The number of amidine groups is 1. The van der Waals surface area contributed by atoms with Crippen LogP contribution in [0, 0.1) is 0 Å². The third-order valence-corrected chi connectivity index (χ3v) is 5.43. The molecule has 0 saturated carbocycles. The van der Waals surface area contributed by atoms with Crippen LogP contribution in [0.4, 0.5) is 11.6 Å². The molecule has 0 atom stereocenters. The van der Waals surface area contributed by atoms with Crippen molar-refractivity contribution < 1.29 is 19.1 Å². The van der Waals surface area contributed by atoms with Crippen LogP contribution in [0.5, 0.6) is 0 Å². The minimum Gasteiger partial charge on any atom is -0.861 e. The number of aromatic nitrogens is 2. The van der Waals surface area contributed by atoms with Crippen molar-refractivity contribution in [1.29, 1.82) is 0 Å². The van der Waals surface area contributed by atoms with Crippen LogP contribution in [0.25, 0.3) is 6.08 Å². The van der Waals surface area contributed by atoms with Gasteiger partial charge < -0.3 is 5.11 Å². The molecule has 31 heavy (non-hydrogen) atoms. The van der Waals surface area contributed by atoms with E-state index in [4.69, 9.17) is 16.1 Å². The van der Waals surface area contributed by atoms with Crippen molar-refractivity contribution >= 4 is 58.0 Å². The van der Waals surface area contributed by atoms with Crippen molar-refractivity contribution in [2.75, 3.05) is 10.7 Å². The number of carbonyl (C=O) groups is 1. The smallest absolute Gasteiger partial charge is 0.320 e. The van der Waals surface area contributed by atoms with E-state index in [1.807, 2.05) is 30.3 Å². The number of aliphatic imine (C=N–C) groups is 2. The summed E-state index contributed by atoms with van der Waals surface area (Å²) in [4.78, 5) is 22.9. The van der Waals surface area contributed by atoms with E-state index in [9.17, 15) is 9.90 Å². The van der Waals surface area contributed by atoms with Gasteiger partial charge in [0.15, 0.2) is 17.5 Å². The fourth-order valence-electron chi connectivity index (χ4n) is 2.78. The zero-order valence-corrected chi connectivity index (χ0v) is 17.9. The number of nitrogens with zero attached hydrogens (tertiary/aromatic N) is 5. The summed E-state index contributed by atoms with van der Waals surface area (Å²) in [5, 5.41) is 16.8. The molecule has 0 fully saturated rings. The van der Waals surface area contributed by atoms with E-state index < -0.39 is 5.90 Å². The predicted octanol–water partition coefficient (Wildman–Crippen LogP) is 2.72. The molecule has 0 bridgehead atoms. The fraction of sp³-hybridized carbons (Fsp3) is 0.0952. The molecule has 1 aliphatic rings. The van der Waals surface area contributed by atoms with Gasteiger partial charge >= 0.3 is 5.88 Å². The number of amides is 1. The summed E-state index contributed by atoms with van der Waals surface area (Å²) in [7, 11) is 1.66. The molecular formula is C21H16ClN5O3S. The van der Waals surface area contributed by atoms with Gasteiger partial charge in [-0.05, 0) is 35.7 Å². The average Bonchev–Trinajstić information content (AvgIpc) is 3.31. The molecule has 0 saturated heterocycles. The minimum atomic E-state index is -0.437. The molecule has 156 valence electrons. The molecule has 4 rings (SSSR count). The average molecular weight is 454 g/mol. The molecule has 2 aromatic carbocycles. The van der Waals surface area contributed by atoms with Crippen molar-refractivity contribution in [2.45, 2.75) is 0 Å². The first kappa shape index (κ1) is 20.8. The van der Waals surface area contributed by atoms with Crippen LogP contribution in [-0.2, 0) is 11.8 Å². The Morgan fingerprint density at radius 3 is 2.71 bits per heavy atom. The number of hydrogen-bond acceptors (Lipinski definition) is 7. The van der Waals surface area contributed by atoms with Crippen LogP contribution >= 0.6 is 23.4 Å². The van der Waals surface area contributed by atoms with Crippen molar-refractivity contribution in [3.05, 3.63) is 77.1 Å². The Balaban J connectivity index is 1.62. The summed E-state index contributed by atoms with van der Waals surface area (Å²) in [5.74, 6) is -0.662. The van der Waals surface area contributed by atoms with Crippen LogP contribution in [0.2, 0.25) is 5.02 Å². The molecule has 1 aliphatic heterocycles. The van der Waals surface area contributed by atoms with Crippen LogP contribution in [0.1, 0.15) is 5.56 Å². The molecule has 0 unspecified atom stereocenters. The Morgan fingerprint density at radius 1 is 1.26 bits per heavy atom. The van der Waals surface area contributed by atoms with Gasteiger partial charge in [-0.15, -0.1) is 0 Å². The van der Waals surface area contributed by atoms with E-state index >= 15 is 0 Å². The zero-order valence-electron chi connectivity index (χ0n) is 16.3. The van der Waals surface area contributed by atoms with Crippen molar-refractivity contribution in [3.63, 3.8) is 0 Å². The lowest BCUT2D eigenvalue weighted by atomic mass is 10.2. The Hall–Kier alpha value is -3.43. The third kappa shape index (κ3) is 4.84. The number of aryl methyl sites for hydroxylation is 1. The number of benzene rings is 2. The van der Waals surface area contributed by atoms with Crippen LogP contribution in [0.3, 0.4) is 0 Å². The molecule has 1 amide bonds. The Labute approximate surface area is 187 Å². The van der Waals surface area contributed by atoms with E-state index in [0.29, 0.717) is 21.4 Å². The minimum absolute atomic E-state index is 0.0285. The monoisotopic (exact) mass is 453 g/mol. The first-order valence-electron chi connectivity index (χ1n) is 9.16. The van der Waals surface area contributed by atoms with E-state index in [-0.39, 0.29) is 23.2 Å². The van der Waals surface area contributed by atoms with Gasteiger partial charge in [0, 0.05) is 10.8 Å². The van der Waals surface area contributed by atoms with Gasteiger partial charge in [0.2, 0.25) is 0 Å². The molecule has 8 nitrogen and oxygen atoms in total. The van der Waals surface area contributed by atoms with Gasteiger partial charge in [0.1, 0.15) is 5.70 Å². The zero-order chi connectivity index (χ0) is 21.8. The molecule has 10 heteroatoms. The maximum atomic E-state index is 13.1. The van der Waals surface area contributed by atoms with Crippen molar-refractivity contribution in [3.8, 4) is 0 Å². The maximum Gasteiger partial charge on any atom is 0.320 e. The highest BCUT2D eigenvalue weighted by atomic mass is 35.5. The first-order chi connectivity index (χ1) is 15.0. The van der Waals surface area contributed by atoms with E-state index in [1.165, 1.54) is 15.8 Å². The van der Waals surface area contributed by atoms with E-state index in [0.717, 1.165) is 11.8 Å². The normalized spacial score (nSPS) is 15.6. The first-order valence-corrected chi connectivity index (χ1v) is 10.5. The summed E-state index contributed by atoms with van der Waals surface area (Å²) in [6, 6.07) is 16.3. The number of hydrogen-bond donors (Lipinski definition) is 0. The molecule has 1 aromatic heterocycles. The Morgan fingerprint density at radius 2 is 2.00 bits per heavy atom. The Bertz CT molecular complexity index is 1210. The SMILES string of the molecule is C[n+]1cc(/N=C(\[O-])CSC2=N/C(=C/c3ccccc3Cl)C(=O)N2c2ccccc2)on1. The number of para-hydroxylation sites is 1. The highest BCUT2D eigenvalue weighted by Gasteiger charge is 2.32. The Kier molecular flexibility index (Phi) is 6.15.